The van der Waals surface area contributed by atoms with Crippen LogP contribution in [-0.2, 0) is 10.8 Å². The number of hydrogen-bond acceptors (Lipinski definition) is 0. The molecule has 2 aliphatic carbocycles. The summed E-state index contributed by atoms with van der Waals surface area (Å²) in [6.45, 7) is 9.42. The van der Waals surface area contributed by atoms with E-state index in [1.54, 1.807) is 0 Å². The Morgan fingerprint density at radius 1 is 0.295 bits per heavy atom. The van der Waals surface area contributed by atoms with Gasteiger partial charge >= 0.3 is 0 Å². The van der Waals surface area contributed by atoms with Gasteiger partial charge in [0.25, 0.3) is 0 Å². The van der Waals surface area contributed by atoms with Crippen LogP contribution in [0.1, 0.15) is 49.9 Å². The van der Waals surface area contributed by atoms with E-state index in [2.05, 4.69) is 220 Å². The van der Waals surface area contributed by atoms with Crippen molar-refractivity contribution in [3.8, 4) is 66.8 Å². The van der Waals surface area contributed by atoms with Crippen molar-refractivity contribution in [2.24, 2.45) is 0 Å². The Labute approximate surface area is 356 Å². The molecule has 0 radical (unpaired) electrons. The molecule has 11 aromatic rings. The van der Waals surface area contributed by atoms with Gasteiger partial charge in [-0.3, -0.25) is 0 Å². The zero-order chi connectivity index (χ0) is 40.8. The topological polar surface area (TPSA) is 4.41 Å². The highest BCUT2D eigenvalue weighted by Crippen LogP contribution is 2.52. The molecule has 0 fully saturated rings. The van der Waals surface area contributed by atoms with E-state index >= 15 is 0 Å². The summed E-state index contributed by atoms with van der Waals surface area (Å²) in [6.07, 6.45) is 0. The number of hydrogen-bond donors (Lipinski definition) is 0. The fourth-order valence-electron chi connectivity index (χ4n) is 11.5. The van der Waals surface area contributed by atoms with Gasteiger partial charge in [0, 0.05) is 32.4 Å². The number of rotatable bonds is 4. The lowest BCUT2D eigenvalue weighted by Gasteiger charge is -2.22. The van der Waals surface area contributed by atoms with Crippen molar-refractivity contribution < 1.29 is 0 Å². The van der Waals surface area contributed by atoms with Crippen LogP contribution in [-0.4, -0.2) is 4.40 Å². The Balaban J connectivity index is 0.877. The molecule has 61 heavy (non-hydrogen) atoms. The predicted octanol–water partition coefficient (Wildman–Crippen LogP) is 16.1. The molecule has 288 valence electrons. The first-order chi connectivity index (χ1) is 29.8. The highest BCUT2D eigenvalue weighted by molar-refractivity contribution is 6.28. The minimum Gasteiger partial charge on any atom is -0.308 e. The molecule has 0 amide bonds. The normalized spacial score (nSPS) is 14.5. The first-order valence-corrected chi connectivity index (χ1v) is 21.7. The van der Waals surface area contributed by atoms with Gasteiger partial charge in [-0.15, -0.1) is 0 Å². The van der Waals surface area contributed by atoms with E-state index in [0.29, 0.717) is 0 Å². The van der Waals surface area contributed by atoms with E-state index in [1.165, 1.54) is 127 Å². The minimum absolute atomic E-state index is 0.0193. The minimum atomic E-state index is -0.0193. The van der Waals surface area contributed by atoms with Gasteiger partial charge in [-0.25, -0.2) is 0 Å². The molecule has 0 bridgehead atoms. The summed E-state index contributed by atoms with van der Waals surface area (Å²) in [5.74, 6) is 0. The Morgan fingerprint density at radius 2 is 0.656 bits per heavy atom. The van der Waals surface area contributed by atoms with Gasteiger partial charge in [0.2, 0.25) is 0 Å². The van der Waals surface area contributed by atoms with Crippen LogP contribution >= 0.6 is 0 Å². The first-order valence-electron chi connectivity index (χ1n) is 21.7. The Bertz CT molecular complexity index is 3380. The van der Waals surface area contributed by atoms with E-state index < -0.39 is 0 Å². The van der Waals surface area contributed by atoms with Crippen LogP contribution in [0.2, 0.25) is 0 Å². The molecule has 0 saturated heterocycles. The third-order valence-electron chi connectivity index (χ3n) is 14.6. The summed E-state index contributed by atoms with van der Waals surface area (Å²) in [4.78, 5) is 0. The quantitative estimate of drug-likeness (QED) is 0.168. The SMILES string of the molecule is CC1(C)c2ccccc2-c2ccc(-c3ccc(-c4cccc5c4c4cccc6c7c(-c8ccc(-c9ccc%10c(c9)C(C)(C)c9ccccc9-%10)cc8)cccc7n5c46)cc3)cc21. The fraction of sp³-hybridized carbons (Fsp3) is 0.100. The molecule has 9 aromatic carbocycles. The van der Waals surface area contributed by atoms with Crippen LogP contribution in [0.15, 0.2) is 188 Å². The molecule has 0 unspecified atom stereocenters. The molecule has 1 heteroatoms. The molecule has 0 spiro atoms. The average molecular weight is 778 g/mol. The smallest absolute Gasteiger partial charge is 0.0620 e. The Morgan fingerprint density at radius 3 is 1.11 bits per heavy atom. The Kier molecular flexibility index (Phi) is 6.91. The lowest BCUT2D eigenvalue weighted by Crippen LogP contribution is -2.14. The second-order valence-corrected chi connectivity index (χ2v) is 18.5. The van der Waals surface area contributed by atoms with E-state index in [0.717, 1.165) is 0 Å². The third kappa shape index (κ3) is 4.67. The molecule has 2 heterocycles. The van der Waals surface area contributed by atoms with E-state index in [9.17, 15) is 0 Å². The molecular weight excluding hydrogens is 735 g/mol. The molecule has 2 aliphatic rings. The number of nitrogens with zero attached hydrogens (tertiary/aromatic N) is 1. The van der Waals surface area contributed by atoms with Gasteiger partial charge in [0.05, 0.1) is 16.6 Å². The van der Waals surface area contributed by atoms with Gasteiger partial charge < -0.3 is 4.40 Å². The van der Waals surface area contributed by atoms with Crippen molar-refractivity contribution in [2.75, 3.05) is 0 Å². The molecule has 0 aliphatic heterocycles. The summed E-state index contributed by atoms with van der Waals surface area (Å²) in [5.41, 5.74) is 24.9. The molecule has 0 atom stereocenters. The molecular formula is C60H43N. The highest BCUT2D eigenvalue weighted by Gasteiger charge is 2.36. The second kappa shape index (κ2) is 12.2. The largest absolute Gasteiger partial charge is 0.308 e. The third-order valence-corrected chi connectivity index (χ3v) is 14.6. The fourth-order valence-corrected chi connectivity index (χ4v) is 11.5. The number of benzene rings is 9. The molecule has 0 N–H and O–H groups in total. The van der Waals surface area contributed by atoms with E-state index in [4.69, 9.17) is 0 Å². The van der Waals surface area contributed by atoms with Gasteiger partial charge in [0.15, 0.2) is 0 Å². The Hall–Kier alpha value is -7.22. The average Bonchev–Trinajstić information content (AvgIpc) is 3.98. The van der Waals surface area contributed by atoms with Crippen LogP contribution in [0.4, 0.5) is 0 Å². The van der Waals surface area contributed by atoms with Gasteiger partial charge in [0.1, 0.15) is 0 Å². The van der Waals surface area contributed by atoms with Gasteiger partial charge in [-0.1, -0.05) is 191 Å². The van der Waals surface area contributed by atoms with E-state index in [-0.39, 0.29) is 10.8 Å². The van der Waals surface area contributed by atoms with Crippen LogP contribution in [0.5, 0.6) is 0 Å². The number of fused-ring (bicyclic) bond motifs is 12. The summed E-state index contributed by atoms with van der Waals surface area (Å²) in [6, 6.07) is 70.8. The molecule has 1 nitrogen and oxygen atoms in total. The van der Waals surface area contributed by atoms with E-state index in [1.807, 2.05) is 0 Å². The lowest BCUT2D eigenvalue weighted by atomic mass is 9.81. The maximum Gasteiger partial charge on any atom is 0.0620 e. The van der Waals surface area contributed by atoms with Crippen molar-refractivity contribution in [3.63, 3.8) is 0 Å². The lowest BCUT2D eigenvalue weighted by molar-refractivity contribution is 0.660. The predicted molar refractivity (Wildman–Crippen MR) is 258 cm³/mol. The van der Waals surface area contributed by atoms with Crippen LogP contribution in [0.25, 0.3) is 105 Å². The van der Waals surface area contributed by atoms with Gasteiger partial charge in [-0.05, 0) is 113 Å². The summed E-state index contributed by atoms with van der Waals surface area (Å²) >= 11 is 0. The first kappa shape index (κ1) is 34.6. The maximum atomic E-state index is 2.51. The van der Waals surface area contributed by atoms with Crippen molar-refractivity contribution in [1.82, 2.24) is 4.40 Å². The summed E-state index contributed by atoms with van der Waals surface area (Å²) < 4.78 is 2.51. The monoisotopic (exact) mass is 777 g/mol. The van der Waals surface area contributed by atoms with Crippen molar-refractivity contribution in [2.45, 2.75) is 38.5 Å². The van der Waals surface area contributed by atoms with Crippen LogP contribution < -0.4 is 0 Å². The van der Waals surface area contributed by atoms with Crippen molar-refractivity contribution in [3.05, 3.63) is 210 Å². The maximum absolute atomic E-state index is 2.51. The molecule has 2 aromatic heterocycles. The molecule has 13 rings (SSSR count). The molecule has 0 saturated carbocycles. The van der Waals surface area contributed by atoms with Crippen LogP contribution in [0.3, 0.4) is 0 Å². The number of para-hydroxylation sites is 1. The standard InChI is InChI=1S/C60H43N/c1-59(2)50-18-7-5-12-44(50)46-32-30-40(34-52(46)59)36-22-26-38(27-23-36)42-14-10-20-54-56(42)48-16-9-17-49-57-43(15-11-21-55(57)61(54)58(48)49)39-28-24-37(25-29-39)41-31-33-47-45-13-6-8-19-51(45)60(3,4)53(47)35-41/h5-35H,1-4H3. The number of aromatic nitrogens is 1. The second-order valence-electron chi connectivity index (χ2n) is 18.5. The highest BCUT2D eigenvalue weighted by atomic mass is 14.9. The summed E-state index contributed by atoms with van der Waals surface area (Å²) in [7, 11) is 0. The van der Waals surface area contributed by atoms with Crippen molar-refractivity contribution >= 4 is 38.1 Å². The van der Waals surface area contributed by atoms with Gasteiger partial charge in [-0.2, -0.15) is 0 Å². The van der Waals surface area contributed by atoms with Crippen molar-refractivity contribution in [1.29, 1.82) is 0 Å². The van der Waals surface area contributed by atoms with Crippen LogP contribution in [0, 0.1) is 0 Å². The summed E-state index contributed by atoms with van der Waals surface area (Å²) in [5, 5.41) is 5.22. The zero-order valence-electron chi connectivity index (χ0n) is 34.8. The zero-order valence-corrected chi connectivity index (χ0v) is 34.8.